The number of hydrogen-bond donors (Lipinski definition) is 1. The molecule has 1 aromatic rings. The predicted octanol–water partition coefficient (Wildman–Crippen LogP) is -0.0699. The number of nitrogens with zero attached hydrogens (tertiary/aromatic N) is 2. The van der Waals surface area contributed by atoms with Gasteiger partial charge in [0.1, 0.15) is 4.90 Å². The molecule has 2 aliphatic rings. The molecule has 7 heteroatoms. The fourth-order valence-corrected chi connectivity index (χ4v) is 4.30. The van der Waals surface area contributed by atoms with Crippen molar-refractivity contribution in [2.75, 3.05) is 33.3 Å². The molecule has 2 atom stereocenters. The standard InChI is InChI=1S/C12H17N3O3S/c1-18-12-3-2-11(6-14-12)19(16,17)15-7-9-4-13-5-10(9)8-15/h2-3,6,9-10,13H,4-5,7-8H2,1H3/t9-,10+. The molecule has 2 saturated heterocycles. The van der Waals surface area contributed by atoms with Gasteiger partial charge >= 0.3 is 0 Å². The van der Waals surface area contributed by atoms with E-state index in [9.17, 15) is 8.42 Å². The molecule has 1 aromatic heterocycles. The lowest BCUT2D eigenvalue weighted by atomic mass is 10.0. The minimum atomic E-state index is -3.42. The highest BCUT2D eigenvalue weighted by Gasteiger charge is 2.41. The zero-order valence-electron chi connectivity index (χ0n) is 10.7. The summed E-state index contributed by atoms with van der Waals surface area (Å²) in [6.45, 7) is 3.03. The maximum Gasteiger partial charge on any atom is 0.244 e. The lowest BCUT2D eigenvalue weighted by molar-refractivity contribution is 0.396. The zero-order valence-corrected chi connectivity index (χ0v) is 11.6. The molecule has 0 saturated carbocycles. The Bertz CT molecular complexity index is 546. The number of nitrogens with one attached hydrogen (secondary N) is 1. The first kappa shape index (κ1) is 12.8. The van der Waals surface area contributed by atoms with Gasteiger partial charge < -0.3 is 10.1 Å². The molecule has 0 radical (unpaired) electrons. The molecule has 2 fully saturated rings. The normalized spacial score (nSPS) is 27.4. The smallest absolute Gasteiger partial charge is 0.244 e. The van der Waals surface area contributed by atoms with Gasteiger partial charge in [0.2, 0.25) is 15.9 Å². The van der Waals surface area contributed by atoms with E-state index in [0.717, 1.165) is 13.1 Å². The topological polar surface area (TPSA) is 71.5 Å². The molecule has 0 aromatic carbocycles. The Morgan fingerprint density at radius 2 is 2.00 bits per heavy atom. The molecule has 0 unspecified atom stereocenters. The molecule has 3 heterocycles. The third-order valence-electron chi connectivity index (χ3n) is 3.91. The molecular weight excluding hydrogens is 266 g/mol. The Morgan fingerprint density at radius 3 is 2.53 bits per heavy atom. The van der Waals surface area contributed by atoms with E-state index in [1.165, 1.54) is 13.3 Å². The Balaban J connectivity index is 1.82. The van der Waals surface area contributed by atoms with E-state index >= 15 is 0 Å². The van der Waals surface area contributed by atoms with Crippen LogP contribution in [-0.4, -0.2) is 51.0 Å². The molecule has 0 spiro atoms. The molecule has 1 N–H and O–H groups in total. The lowest BCUT2D eigenvalue weighted by Crippen LogP contribution is -2.32. The van der Waals surface area contributed by atoms with Crippen LogP contribution < -0.4 is 10.1 Å². The van der Waals surface area contributed by atoms with Crippen molar-refractivity contribution < 1.29 is 13.2 Å². The molecule has 0 bridgehead atoms. The van der Waals surface area contributed by atoms with E-state index in [4.69, 9.17) is 4.74 Å². The molecule has 0 aliphatic carbocycles. The number of sulfonamides is 1. The van der Waals surface area contributed by atoms with Gasteiger partial charge in [-0.15, -0.1) is 0 Å². The van der Waals surface area contributed by atoms with Gasteiger partial charge in [-0.05, 0) is 31.0 Å². The third-order valence-corrected chi connectivity index (χ3v) is 5.73. The van der Waals surface area contributed by atoms with Crippen LogP contribution in [0.2, 0.25) is 0 Å². The summed E-state index contributed by atoms with van der Waals surface area (Å²) in [6, 6.07) is 3.12. The minimum absolute atomic E-state index is 0.237. The predicted molar refractivity (Wildman–Crippen MR) is 69.4 cm³/mol. The summed E-state index contributed by atoms with van der Waals surface area (Å²) in [5, 5.41) is 3.30. The van der Waals surface area contributed by atoms with Crippen molar-refractivity contribution in [2.45, 2.75) is 4.90 Å². The van der Waals surface area contributed by atoms with Crippen LogP contribution >= 0.6 is 0 Å². The van der Waals surface area contributed by atoms with Crippen molar-refractivity contribution in [1.29, 1.82) is 0 Å². The SMILES string of the molecule is COc1ccc(S(=O)(=O)N2C[C@H]3CNC[C@H]3C2)cn1. The van der Waals surface area contributed by atoms with Crippen LogP contribution in [0.3, 0.4) is 0 Å². The van der Waals surface area contributed by atoms with E-state index in [-0.39, 0.29) is 4.90 Å². The van der Waals surface area contributed by atoms with Gasteiger partial charge in [-0.3, -0.25) is 0 Å². The second kappa shape index (κ2) is 4.73. The van der Waals surface area contributed by atoms with Crippen molar-refractivity contribution in [3.8, 4) is 5.88 Å². The van der Waals surface area contributed by atoms with E-state index < -0.39 is 10.0 Å². The average molecular weight is 283 g/mol. The van der Waals surface area contributed by atoms with Crippen LogP contribution in [0, 0.1) is 11.8 Å². The van der Waals surface area contributed by atoms with E-state index in [1.54, 1.807) is 16.4 Å². The van der Waals surface area contributed by atoms with Crippen molar-refractivity contribution in [1.82, 2.24) is 14.6 Å². The number of ether oxygens (including phenoxy) is 1. The number of methoxy groups -OCH3 is 1. The highest BCUT2D eigenvalue weighted by atomic mass is 32.2. The van der Waals surface area contributed by atoms with Gasteiger partial charge in [0, 0.05) is 19.2 Å². The Kier molecular flexibility index (Phi) is 3.20. The first-order chi connectivity index (χ1) is 9.11. The molecular formula is C12H17N3O3S. The molecule has 0 amide bonds. The van der Waals surface area contributed by atoms with E-state index in [1.807, 2.05) is 0 Å². The Labute approximate surface area is 112 Å². The first-order valence-electron chi connectivity index (χ1n) is 6.32. The largest absolute Gasteiger partial charge is 0.481 e. The first-order valence-corrected chi connectivity index (χ1v) is 7.76. The fraction of sp³-hybridized carbons (Fsp3) is 0.583. The molecule has 2 aliphatic heterocycles. The number of hydrogen-bond acceptors (Lipinski definition) is 5. The lowest BCUT2D eigenvalue weighted by Gasteiger charge is -2.17. The summed E-state index contributed by atoms with van der Waals surface area (Å²) in [5.74, 6) is 1.31. The van der Waals surface area contributed by atoms with Crippen molar-refractivity contribution in [3.63, 3.8) is 0 Å². The quantitative estimate of drug-likeness (QED) is 0.841. The van der Waals surface area contributed by atoms with Gasteiger partial charge in [0.25, 0.3) is 0 Å². The number of aromatic nitrogens is 1. The van der Waals surface area contributed by atoms with Crippen LogP contribution in [0.5, 0.6) is 5.88 Å². The summed E-state index contributed by atoms with van der Waals surface area (Å²) >= 11 is 0. The van der Waals surface area contributed by atoms with Crippen molar-refractivity contribution >= 4 is 10.0 Å². The highest BCUT2D eigenvalue weighted by Crippen LogP contribution is 2.30. The zero-order chi connectivity index (χ0) is 13.5. The van der Waals surface area contributed by atoms with Crippen molar-refractivity contribution in [2.24, 2.45) is 11.8 Å². The van der Waals surface area contributed by atoms with Crippen LogP contribution in [0.15, 0.2) is 23.2 Å². The second-order valence-corrected chi connectivity index (χ2v) is 6.97. The second-order valence-electron chi connectivity index (χ2n) is 5.04. The highest BCUT2D eigenvalue weighted by molar-refractivity contribution is 7.89. The molecule has 19 heavy (non-hydrogen) atoms. The Hall–Kier alpha value is -1.18. The van der Waals surface area contributed by atoms with Crippen molar-refractivity contribution in [3.05, 3.63) is 18.3 Å². The summed E-state index contributed by atoms with van der Waals surface area (Å²) in [5.41, 5.74) is 0. The summed E-state index contributed by atoms with van der Waals surface area (Å²) < 4.78 is 31.5. The van der Waals surface area contributed by atoms with Gasteiger partial charge in [0.15, 0.2) is 0 Å². The number of rotatable bonds is 3. The molecule has 104 valence electrons. The van der Waals surface area contributed by atoms with E-state index in [0.29, 0.717) is 30.8 Å². The summed E-state index contributed by atoms with van der Waals surface area (Å²) in [6.07, 6.45) is 1.36. The maximum absolute atomic E-state index is 12.5. The summed E-state index contributed by atoms with van der Waals surface area (Å²) in [7, 11) is -1.91. The fourth-order valence-electron chi connectivity index (χ4n) is 2.80. The number of pyridine rings is 1. The molecule has 6 nitrogen and oxygen atoms in total. The van der Waals surface area contributed by atoms with Gasteiger partial charge in [-0.25, -0.2) is 13.4 Å². The van der Waals surface area contributed by atoms with E-state index in [2.05, 4.69) is 10.3 Å². The molecule has 3 rings (SSSR count). The van der Waals surface area contributed by atoms with Gasteiger partial charge in [-0.2, -0.15) is 4.31 Å². The van der Waals surface area contributed by atoms with Gasteiger partial charge in [-0.1, -0.05) is 0 Å². The van der Waals surface area contributed by atoms with Gasteiger partial charge in [0.05, 0.1) is 13.3 Å². The van der Waals surface area contributed by atoms with Crippen LogP contribution in [0.25, 0.3) is 0 Å². The minimum Gasteiger partial charge on any atom is -0.481 e. The summed E-state index contributed by atoms with van der Waals surface area (Å²) in [4.78, 5) is 4.20. The average Bonchev–Trinajstić information content (AvgIpc) is 2.99. The monoisotopic (exact) mass is 283 g/mol. The Morgan fingerprint density at radius 1 is 1.32 bits per heavy atom. The van der Waals surface area contributed by atoms with Crippen LogP contribution in [0.1, 0.15) is 0 Å². The van der Waals surface area contributed by atoms with Crippen LogP contribution in [0.4, 0.5) is 0 Å². The maximum atomic E-state index is 12.5. The third kappa shape index (κ3) is 2.22. The van der Waals surface area contributed by atoms with Crippen LogP contribution in [-0.2, 0) is 10.0 Å². The number of fused-ring (bicyclic) bond motifs is 1.